The van der Waals surface area contributed by atoms with Gasteiger partial charge in [-0.1, -0.05) is 24.7 Å². The Bertz CT molecular complexity index is 406. The first-order chi connectivity index (χ1) is 8.78. The third-order valence-electron chi connectivity index (χ3n) is 3.47. The Balaban J connectivity index is 2.14. The van der Waals surface area contributed by atoms with Gasteiger partial charge in [0.2, 0.25) is 0 Å². The topological polar surface area (TPSA) is 42.4 Å². The van der Waals surface area contributed by atoms with Crippen molar-refractivity contribution in [1.82, 2.24) is 4.98 Å². The maximum Gasteiger partial charge on any atom is 0.186 e. The molecular weight excluding hydrogens is 248 g/mol. The average molecular weight is 268 g/mol. The van der Waals surface area contributed by atoms with Crippen molar-refractivity contribution in [2.24, 2.45) is 5.92 Å². The van der Waals surface area contributed by atoms with Crippen molar-refractivity contribution in [3.8, 4) is 0 Å². The van der Waals surface area contributed by atoms with Crippen molar-refractivity contribution in [3.05, 3.63) is 10.6 Å². The predicted molar refractivity (Wildman–Crippen MR) is 73.4 cm³/mol. The molecule has 1 atom stereocenters. The highest BCUT2D eigenvalue weighted by atomic mass is 32.1. The number of rotatable bonds is 5. The summed E-state index contributed by atoms with van der Waals surface area (Å²) < 4.78 is 5.08. The number of hydrogen-bond donors (Lipinski definition) is 0. The molecule has 0 aliphatic carbocycles. The molecule has 18 heavy (non-hydrogen) atoms. The van der Waals surface area contributed by atoms with E-state index in [0.29, 0.717) is 11.5 Å². The number of hydrogen-bond acceptors (Lipinski definition) is 5. The van der Waals surface area contributed by atoms with E-state index in [9.17, 15) is 4.79 Å². The molecule has 0 radical (unpaired) electrons. The molecule has 100 valence electrons. The van der Waals surface area contributed by atoms with Crippen molar-refractivity contribution in [3.63, 3.8) is 0 Å². The number of anilines is 1. The second kappa shape index (κ2) is 6.29. The van der Waals surface area contributed by atoms with Gasteiger partial charge in [0.05, 0.1) is 17.2 Å². The minimum atomic E-state index is 0.412. The molecule has 1 aromatic rings. The van der Waals surface area contributed by atoms with Gasteiger partial charge in [0.25, 0.3) is 0 Å². The van der Waals surface area contributed by atoms with Crippen molar-refractivity contribution < 1.29 is 9.53 Å². The van der Waals surface area contributed by atoms with Gasteiger partial charge in [0, 0.05) is 20.2 Å². The van der Waals surface area contributed by atoms with Gasteiger partial charge in [-0.25, -0.2) is 4.98 Å². The van der Waals surface area contributed by atoms with Crippen molar-refractivity contribution in [1.29, 1.82) is 0 Å². The van der Waals surface area contributed by atoms with Gasteiger partial charge in [-0.3, -0.25) is 4.79 Å². The summed E-state index contributed by atoms with van der Waals surface area (Å²) >= 11 is 1.49. The van der Waals surface area contributed by atoms with Crippen molar-refractivity contribution >= 4 is 22.8 Å². The molecule has 0 saturated carbocycles. The third kappa shape index (κ3) is 2.90. The number of aldehydes is 1. The molecule has 0 N–H and O–H groups in total. The van der Waals surface area contributed by atoms with Crippen LogP contribution in [-0.4, -0.2) is 31.5 Å². The summed E-state index contributed by atoms with van der Waals surface area (Å²) in [5, 5.41) is 0.974. The van der Waals surface area contributed by atoms with Crippen LogP contribution in [0.25, 0.3) is 0 Å². The van der Waals surface area contributed by atoms with Gasteiger partial charge in [0.1, 0.15) is 0 Å². The van der Waals surface area contributed by atoms with Crippen LogP contribution >= 0.6 is 11.3 Å². The molecule has 4 nitrogen and oxygen atoms in total. The third-order valence-corrected chi connectivity index (χ3v) is 4.56. The number of thiazole rings is 1. The summed E-state index contributed by atoms with van der Waals surface area (Å²) in [5.41, 5.74) is 0.770. The molecule has 1 saturated heterocycles. The summed E-state index contributed by atoms with van der Waals surface area (Å²) in [7, 11) is 1.63. The molecule has 0 amide bonds. The number of carbonyl (C=O) groups excluding carboxylic acids is 1. The van der Waals surface area contributed by atoms with Crippen molar-refractivity contribution in [2.45, 2.75) is 32.8 Å². The zero-order valence-corrected chi connectivity index (χ0v) is 11.8. The first-order valence-electron chi connectivity index (χ1n) is 6.47. The maximum absolute atomic E-state index is 11.0. The molecule has 0 bridgehead atoms. The van der Waals surface area contributed by atoms with Crippen LogP contribution in [0.1, 0.15) is 41.6 Å². The van der Waals surface area contributed by atoms with Crippen LogP contribution < -0.4 is 4.90 Å². The Morgan fingerprint density at radius 1 is 1.61 bits per heavy atom. The molecule has 5 heteroatoms. The van der Waals surface area contributed by atoms with E-state index in [4.69, 9.17) is 4.74 Å². The van der Waals surface area contributed by atoms with E-state index in [1.807, 2.05) is 0 Å². The smallest absolute Gasteiger partial charge is 0.186 e. The Kier molecular flexibility index (Phi) is 4.72. The first-order valence-corrected chi connectivity index (χ1v) is 7.28. The van der Waals surface area contributed by atoms with Gasteiger partial charge in [-0.15, -0.1) is 0 Å². The fraction of sp³-hybridized carbons (Fsp3) is 0.692. The molecule has 1 aliphatic rings. The average Bonchev–Trinajstić information content (AvgIpc) is 2.82. The van der Waals surface area contributed by atoms with E-state index in [2.05, 4.69) is 16.8 Å². The highest BCUT2D eigenvalue weighted by Gasteiger charge is 2.22. The molecule has 2 rings (SSSR count). The van der Waals surface area contributed by atoms with Crippen LogP contribution in [-0.2, 0) is 11.3 Å². The number of ether oxygens (including phenoxy) is 1. The van der Waals surface area contributed by atoms with Crippen molar-refractivity contribution in [2.75, 3.05) is 25.1 Å². The van der Waals surface area contributed by atoms with Gasteiger partial charge >= 0.3 is 0 Å². The van der Waals surface area contributed by atoms with E-state index >= 15 is 0 Å². The van der Waals surface area contributed by atoms with E-state index in [1.165, 1.54) is 30.6 Å². The molecule has 1 unspecified atom stereocenters. The molecule has 0 spiro atoms. The quantitative estimate of drug-likeness (QED) is 0.770. The lowest BCUT2D eigenvalue weighted by Gasteiger charge is -2.31. The Morgan fingerprint density at radius 2 is 2.44 bits per heavy atom. The zero-order chi connectivity index (χ0) is 13.0. The maximum atomic E-state index is 11.0. The second-order valence-corrected chi connectivity index (χ2v) is 5.73. The zero-order valence-electron chi connectivity index (χ0n) is 11.0. The summed E-state index contributed by atoms with van der Waals surface area (Å²) in [6, 6.07) is 0. The number of carbonyl (C=O) groups is 1. The Labute approximate surface area is 112 Å². The minimum Gasteiger partial charge on any atom is -0.378 e. The van der Waals surface area contributed by atoms with Gasteiger partial charge in [-0.05, 0) is 18.8 Å². The normalized spacial score (nSPS) is 20.1. The van der Waals surface area contributed by atoms with Crippen LogP contribution in [0.5, 0.6) is 0 Å². The van der Waals surface area contributed by atoms with Crippen LogP contribution in [0.2, 0.25) is 0 Å². The lowest BCUT2D eigenvalue weighted by molar-refractivity contribution is 0.112. The number of methoxy groups -OCH3 is 1. The van der Waals surface area contributed by atoms with Crippen LogP contribution in [0.3, 0.4) is 0 Å². The van der Waals surface area contributed by atoms with Gasteiger partial charge < -0.3 is 9.64 Å². The molecule has 1 fully saturated rings. The van der Waals surface area contributed by atoms with Crippen LogP contribution in [0, 0.1) is 5.92 Å². The summed E-state index contributed by atoms with van der Waals surface area (Å²) in [5.74, 6) is 0.758. The Morgan fingerprint density at radius 3 is 3.11 bits per heavy atom. The van der Waals surface area contributed by atoms with Crippen LogP contribution in [0.4, 0.5) is 5.13 Å². The highest BCUT2D eigenvalue weighted by Crippen LogP contribution is 2.30. The first kappa shape index (κ1) is 13.5. The van der Waals surface area contributed by atoms with Gasteiger partial charge in [0.15, 0.2) is 11.4 Å². The van der Waals surface area contributed by atoms with E-state index in [0.717, 1.165) is 36.1 Å². The molecule has 2 heterocycles. The molecule has 0 aromatic carbocycles. The largest absolute Gasteiger partial charge is 0.378 e. The van der Waals surface area contributed by atoms with Crippen LogP contribution in [0.15, 0.2) is 0 Å². The van der Waals surface area contributed by atoms with E-state index < -0.39 is 0 Å². The lowest BCUT2D eigenvalue weighted by atomic mass is 9.96. The van der Waals surface area contributed by atoms with E-state index in [1.54, 1.807) is 7.11 Å². The predicted octanol–water partition coefficient (Wildman–Crippen LogP) is 2.73. The molecule has 1 aromatic heterocycles. The fourth-order valence-electron chi connectivity index (χ4n) is 2.39. The summed E-state index contributed by atoms with van der Waals surface area (Å²) in [6.07, 6.45) is 4.63. The Hall–Kier alpha value is -0.940. The lowest BCUT2D eigenvalue weighted by Crippen LogP contribution is -2.35. The number of aromatic nitrogens is 1. The molecular formula is C13H20N2O2S. The second-order valence-electron chi connectivity index (χ2n) is 4.72. The highest BCUT2D eigenvalue weighted by molar-refractivity contribution is 7.17. The number of nitrogens with zero attached hydrogens (tertiary/aromatic N) is 2. The monoisotopic (exact) mass is 268 g/mol. The summed E-state index contributed by atoms with van der Waals surface area (Å²) in [6.45, 7) is 4.77. The van der Waals surface area contributed by atoms with E-state index in [-0.39, 0.29) is 0 Å². The standard InChI is InChI=1S/C13H20N2O2S/c1-3-10-5-4-6-15(7-10)13-14-11(9-17-2)12(8-16)18-13/h8,10H,3-7,9H2,1-2H3. The number of piperidine rings is 1. The minimum absolute atomic E-state index is 0.412. The fourth-order valence-corrected chi connectivity index (χ4v) is 3.31. The summed E-state index contributed by atoms with van der Waals surface area (Å²) in [4.78, 5) is 18.6. The van der Waals surface area contributed by atoms with Gasteiger partial charge in [-0.2, -0.15) is 0 Å². The SMILES string of the molecule is CCC1CCCN(c2nc(COC)c(C=O)s2)C1. The molecule has 1 aliphatic heterocycles.